The normalized spacial score (nSPS) is 22.9. The van der Waals surface area contributed by atoms with E-state index in [0.29, 0.717) is 17.6 Å². The lowest BCUT2D eigenvalue weighted by Crippen LogP contribution is -2.33. The monoisotopic (exact) mass is 265 g/mol. The minimum absolute atomic E-state index is 0.496. The highest BCUT2D eigenvalue weighted by Crippen LogP contribution is 2.42. The van der Waals surface area contributed by atoms with Gasteiger partial charge in [0.05, 0.1) is 21.3 Å². The molecule has 2 rings (SSSR count). The van der Waals surface area contributed by atoms with Crippen LogP contribution in [0.2, 0.25) is 0 Å². The quantitative estimate of drug-likeness (QED) is 0.907. The van der Waals surface area contributed by atoms with Gasteiger partial charge in [-0.1, -0.05) is 6.92 Å². The molecule has 0 spiro atoms. The van der Waals surface area contributed by atoms with Gasteiger partial charge in [-0.25, -0.2) is 0 Å². The first-order valence-corrected chi connectivity index (χ1v) is 6.71. The van der Waals surface area contributed by atoms with Gasteiger partial charge in [-0.2, -0.15) is 0 Å². The molecule has 1 aliphatic rings. The van der Waals surface area contributed by atoms with Crippen molar-refractivity contribution in [2.24, 2.45) is 5.92 Å². The van der Waals surface area contributed by atoms with Gasteiger partial charge in [-0.3, -0.25) is 0 Å². The maximum Gasteiger partial charge on any atom is 0.164 e. The van der Waals surface area contributed by atoms with E-state index in [4.69, 9.17) is 14.2 Å². The van der Waals surface area contributed by atoms with E-state index in [1.54, 1.807) is 21.3 Å². The molecule has 0 saturated carbocycles. The lowest BCUT2D eigenvalue weighted by atomic mass is 9.81. The average Bonchev–Trinajstić information content (AvgIpc) is 2.46. The Morgan fingerprint density at radius 1 is 1.00 bits per heavy atom. The second-order valence-electron chi connectivity index (χ2n) is 5.03. The zero-order valence-corrected chi connectivity index (χ0v) is 12.2. The number of benzene rings is 1. The third-order valence-electron chi connectivity index (χ3n) is 3.92. The minimum Gasteiger partial charge on any atom is -0.496 e. The Bertz CT molecular complexity index is 434. The lowest BCUT2D eigenvalue weighted by Gasteiger charge is -2.31. The van der Waals surface area contributed by atoms with E-state index in [1.165, 1.54) is 5.56 Å². The van der Waals surface area contributed by atoms with E-state index in [0.717, 1.165) is 31.0 Å². The molecule has 0 radical (unpaired) electrons. The predicted molar refractivity (Wildman–Crippen MR) is 75.5 cm³/mol. The molecule has 1 N–H and O–H groups in total. The van der Waals surface area contributed by atoms with Crippen molar-refractivity contribution in [3.63, 3.8) is 0 Å². The smallest absolute Gasteiger partial charge is 0.164 e. The SMILES string of the molecule is COc1cc(OC)c(C2CCNCC2C)cc1OC. The molecule has 1 saturated heterocycles. The van der Waals surface area contributed by atoms with Crippen LogP contribution in [0.15, 0.2) is 12.1 Å². The molecule has 1 aromatic rings. The fourth-order valence-electron chi connectivity index (χ4n) is 2.82. The molecular formula is C15H23NO3. The van der Waals surface area contributed by atoms with Gasteiger partial charge in [0.1, 0.15) is 5.75 Å². The van der Waals surface area contributed by atoms with E-state index < -0.39 is 0 Å². The zero-order chi connectivity index (χ0) is 13.8. The fraction of sp³-hybridized carbons (Fsp3) is 0.600. The Balaban J connectivity index is 2.42. The predicted octanol–water partition coefficient (Wildman–Crippen LogP) is 2.43. The standard InChI is InChI=1S/C15H23NO3/c1-10-9-16-6-5-11(10)12-7-14(18-3)15(19-4)8-13(12)17-2/h7-8,10-11,16H,5-6,9H2,1-4H3. The van der Waals surface area contributed by atoms with Gasteiger partial charge in [0.2, 0.25) is 0 Å². The van der Waals surface area contributed by atoms with Crippen molar-refractivity contribution < 1.29 is 14.2 Å². The second-order valence-corrected chi connectivity index (χ2v) is 5.03. The van der Waals surface area contributed by atoms with Crippen LogP contribution in [0.1, 0.15) is 24.8 Å². The van der Waals surface area contributed by atoms with Crippen LogP contribution in [0.5, 0.6) is 17.2 Å². The molecule has 1 fully saturated rings. The van der Waals surface area contributed by atoms with Gasteiger partial charge in [-0.05, 0) is 37.4 Å². The molecular weight excluding hydrogens is 242 g/mol. The summed E-state index contributed by atoms with van der Waals surface area (Å²) >= 11 is 0. The molecule has 1 aromatic carbocycles. The summed E-state index contributed by atoms with van der Waals surface area (Å²) in [7, 11) is 5.01. The average molecular weight is 265 g/mol. The Kier molecular flexibility index (Phi) is 4.53. The number of hydrogen-bond acceptors (Lipinski definition) is 4. The maximum absolute atomic E-state index is 5.53. The zero-order valence-electron chi connectivity index (χ0n) is 12.2. The summed E-state index contributed by atoms with van der Waals surface area (Å²) < 4.78 is 16.3. The summed E-state index contributed by atoms with van der Waals surface area (Å²) in [6.07, 6.45) is 1.12. The van der Waals surface area contributed by atoms with Gasteiger partial charge in [-0.15, -0.1) is 0 Å². The topological polar surface area (TPSA) is 39.7 Å². The summed E-state index contributed by atoms with van der Waals surface area (Å²) in [5, 5.41) is 3.43. The van der Waals surface area contributed by atoms with Crippen molar-refractivity contribution in [2.45, 2.75) is 19.3 Å². The van der Waals surface area contributed by atoms with Crippen LogP contribution in [0.25, 0.3) is 0 Å². The van der Waals surface area contributed by atoms with Crippen LogP contribution in [-0.4, -0.2) is 34.4 Å². The van der Waals surface area contributed by atoms with E-state index in [9.17, 15) is 0 Å². The van der Waals surface area contributed by atoms with E-state index in [2.05, 4.69) is 18.3 Å². The molecule has 1 aliphatic heterocycles. The molecule has 4 heteroatoms. The van der Waals surface area contributed by atoms with Crippen molar-refractivity contribution in [1.82, 2.24) is 5.32 Å². The Morgan fingerprint density at radius 3 is 2.21 bits per heavy atom. The molecule has 2 unspecified atom stereocenters. The molecule has 4 nitrogen and oxygen atoms in total. The Labute approximate surface area is 115 Å². The van der Waals surface area contributed by atoms with Gasteiger partial charge in [0, 0.05) is 11.6 Å². The number of ether oxygens (including phenoxy) is 3. The van der Waals surface area contributed by atoms with Crippen molar-refractivity contribution in [2.75, 3.05) is 34.4 Å². The largest absolute Gasteiger partial charge is 0.496 e. The van der Waals surface area contributed by atoms with Gasteiger partial charge >= 0.3 is 0 Å². The Morgan fingerprint density at radius 2 is 1.63 bits per heavy atom. The summed E-state index contributed by atoms with van der Waals surface area (Å²) in [5.41, 5.74) is 1.22. The summed E-state index contributed by atoms with van der Waals surface area (Å²) in [6, 6.07) is 3.98. The molecule has 0 aliphatic carbocycles. The molecule has 106 valence electrons. The molecule has 1 heterocycles. The lowest BCUT2D eigenvalue weighted by molar-refractivity contribution is 0.323. The van der Waals surface area contributed by atoms with E-state index >= 15 is 0 Å². The fourth-order valence-corrected chi connectivity index (χ4v) is 2.82. The third-order valence-corrected chi connectivity index (χ3v) is 3.92. The van der Waals surface area contributed by atoms with Gasteiger partial charge in [0.25, 0.3) is 0 Å². The highest BCUT2D eigenvalue weighted by atomic mass is 16.5. The summed E-state index contributed by atoms with van der Waals surface area (Å²) in [5.74, 6) is 3.45. The highest BCUT2D eigenvalue weighted by molar-refractivity contribution is 5.52. The first kappa shape index (κ1) is 14.0. The first-order chi connectivity index (χ1) is 9.21. The summed E-state index contributed by atoms with van der Waals surface area (Å²) in [6.45, 7) is 4.36. The van der Waals surface area contributed by atoms with Crippen molar-refractivity contribution >= 4 is 0 Å². The van der Waals surface area contributed by atoms with Crippen LogP contribution >= 0.6 is 0 Å². The van der Waals surface area contributed by atoms with E-state index in [-0.39, 0.29) is 0 Å². The van der Waals surface area contributed by atoms with Crippen molar-refractivity contribution in [3.05, 3.63) is 17.7 Å². The minimum atomic E-state index is 0.496. The molecule has 0 amide bonds. The third kappa shape index (κ3) is 2.78. The van der Waals surface area contributed by atoms with Gasteiger partial charge in [0.15, 0.2) is 11.5 Å². The van der Waals surface area contributed by atoms with Crippen LogP contribution < -0.4 is 19.5 Å². The van der Waals surface area contributed by atoms with Gasteiger partial charge < -0.3 is 19.5 Å². The summed E-state index contributed by atoms with van der Waals surface area (Å²) in [4.78, 5) is 0. The molecule has 0 aromatic heterocycles. The van der Waals surface area contributed by atoms with Crippen LogP contribution in [0.4, 0.5) is 0 Å². The highest BCUT2D eigenvalue weighted by Gasteiger charge is 2.26. The molecule has 0 bridgehead atoms. The van der Waals surface area contributed by atoms with Crippen LogP contribution in [-0.2, 0) is 0 Å². The number of nitrogens with one attached hydrogen (secondary N) is 1. The number of hydrogen-bond donors (Lipinski definition) is 1. The number of rotatable bonds is 4. The molecule has 2 atom stereocenters. The number of piperidine rings is 1. The number of methoxy groups -OCH3 is 3. The van der Waals surface area contributed by atoms with Crippen LogP contribution in [0, 0.1) is 5.92 Å². The Hall–Kier alpha value is -1.42. The second kappa shape index (κ2) is 6.15. The van der Waals surface area contributed by atoms with Crippen molar-refractivity contribution in [1.29, 1.82) is 0 Å². The van der Waals surface area contributed by atoms with Crippen LogP contribution in [0.3, 0.4) is 0 Å². The molecule has 19 heavy (non-hydrogen) atoms. The van der Waals surface area contributed by atoms with Crippen molar-refractivity contribution in [3.8, 4) is 17.2 Å². The first-order valence-electron chi connectivity index (χ1n) is 6.71. The maximum atomic E-state index is 5.53. The van der Waals surface area contributed by atoms with E-state index in [1.807, 2.05) is 6.07 Å².